The van der Waals surface area contributed by atoms with Crippen LogP contribution in [0, 0.1) is 0 Å². The fraction of sp³-hybridized carbons (Fsp3) is 0.333. The Balaban J connectivity index is 0.00000176. The lowest BCUT2D eigenvalue weighted by atomic mass is 10.0. The van der Waals surface area contributed by atoms with Gasteiger partial charge in [-0.25, -0.2) is 0 Å². The summed E-state index contributed by atoms with van der Waals surface area (Å²) in [7, 11) is 0. The minimum Gasteiger partial charge on any atom is -0.333 e. The Bertz CT molecular complexity index is 622. The van der Waals surface area contributed by atoms with E-state index in [2.05, 4.69) is 26.2 Å². The number of carbonyl (C=O) groups excluding carboxylic acids is 1. The van der Waals surface area contributed by atoms with Crippen LogP contribution < -0.4 is 5.32 Å². The molecular weight excluding hydrogens is 386 g/mol. The Morgan fingerprint density at radius 2 is 2.32 bits per heavy atom. The van der Waals surface area contributed by atoms with E-state index in [0.717, 1.165) is 33.9 Å². The number of nitrogens with one attached hydrogen (secondary N) is 1. The molecule has 1 aliphatic heterocycles. The summed E-state index contributed by atoms with van der Waals surface area (Å²) in [6, 6.07) is 8.02. The van der Waals surface area contributed by atoms with Crippen LogP contribution in [0.15, 0.2) is 40.4 Å². The number of carbonyl (C=O) groups is 1. The number of aromatic nitrogens is 1. The first-order valence-electron chi connectivity index (χ1n) is 6.88. The average molecular weight is 403 g/mol. The highest BCUT2D eigenvalue weighted by molar-refractivity contribution is 9.11. The summed E-state index contributed by atoms with van der Waals surface area (Å²) in [5.74, 6) is 0.180. The van der Waals surface area contributed by atoms with E-state index in [0.29, 0.717) is 6.42 Å². The van der Waals surface area contributed by atoms with E-state index in [9.17, 15) is 4.79 Å². The van der Waals surface area contributed by atoms with E-state index in [1.165, 1.54) is 0 Å². The molecular formula is C15H17BrClN3OS. The van der Waals surface area contributed by atoms with Crippen LogP contribution in [-0.2, 0) is 11.2 Å². The van der Waals surface area contributed by atoms with Gasteiger partial charge in [0.15, 0.2) is 0 Å². The lowest BCUT2D eigenvalue weighted by Crippen LogP contribution is -2.49. The molecule has 22 heavy (non-hydrogen) atoms. The van der Waals surface area contributed by atoms with Crippen molar-refractivity contribution in [2.75, 3.05) is 19.6 Å². The topological polar surface area (TPSA) is 45.2 Å². The molecule has 1 aliphatic rings. The van der Waals surface area contributed by atoms with Gasteiger partial charge in [0.2, 0.25) is 5.91 Å². The van der Waals surface area contributed by atoms with Gasteiger partial charge in [-0.2, -0.15) is 0 Å². The van der Waals surface area contributed by atoms with Crippen LogP contribution >= 0.6 is 39.7 Å². The molecule has 7 heteroatoms. The van der Waals surface area contributed by atoms with Crippen LogP contribution in [0.25, 0.3) is 0 Å². The van der Waals surface area contributed by atoms with Gasteiger partial charge in [0, 0.05) is 36.9 Å². The Morgan fingerprint density at radius 1 is 1.45 bits per heavy atom. The van der Waals surface area contributed by atoms with Crippen molar-refractivity contribution in [3.05, 3.63) is 50.9 Å². The van der Waals surface area contributed by atoms with E-state index in [1.54, 1.807) is 17.5 Å². The Labute approximate surface area is 148 Å². The van der Waals surface area contributed by atoms with Crippen molar-refractivity contribution in [3.63, 3.8) is 0 Å². The van der Waals surface area contributed by atoms with Crippen molar-refractivity contribution in [2.24, 2.45) is 0 Å². The molecule has 0 spiro atoms. The van der Waals surface area contributed by atoms with Gasteiger partial charge in [0.05, 0.1) is 16.2 Å². The predicted octanol–water partition coefficient (Wildman–Crippen LogP) is 3.04. The fourth-order valence-corrected chi connectivity index (χ4v) is 4.05. The summed E-state index contributed by atoms with van der Waals surface area (Å²) in [6.07, 6.45) is 4.07. The van der Waals surface area contributed by atoms with Gasteiger partial charge < -0.3 is 10.2 Å². The first-order valence-corrected chi connectivity index (χ1v) is 8.49. The number of thiophene rings is 1. The zero-order valence-corrected chi connectivity index (χ0v) is 15.1. The smallest absolute Gasteiger partial charge is 0.228 e. The summed E-state index contributed by atoms with van der Waals surface area (Å²) in [5, 5.41) is 3.36. The standard InChI is InChI=1S/C15H16BrN3OS.ClH/c16-14-4-3-12(21-14)8-15(20)19-7-6-18-10-13(19)11-2-1-5-17-9-11;/h1-5,9,13,18H,6-8,10H2;1H. The quantitative estimate of drug-likeness (QED) is 0.858. The maximum atomic E-state index is 12.6. The number of pyridine rings is 1. The van der Waals surface area contributed by atoms with Crippen molar-refractivity contribution in [2.45, 2.75) is 12.5 Å². The predicted molar refractivity (Wildman–Crippen MR) is 94.5 cm³/mol. The summed E-state index contributed by atoms with van der Waals surface area (Å²) in [5.41, 5.74) is 1.09. The molecule has 0 aromatic carbocycles. The Morgan fingerprint density at radius 3 is 3.00 bits per heavy atom. The van der Waals surface area contributed by atoms with E-state index < -0.39 is 0 Å². The van der Waals surface area contributed by atoms with Gasteiger partial charge in [0.25, 0.3) is 0 Å². The second kappa shape index (κ2) is 8.06. The highest BCUT2D eigenvalue weighted by atomic mass is 79.9. The van der Waals surface area contributed by atoms with Crippen molar-refractivity contribution in [1.29, 1.82) is 0 Å². The normalized spacial score (nSPS) is 17.9. The van der Waals surface area contributed by atoms with Crippen LogP contribution in [-0.4, -0.2) is 35.4 Å². The molecule has 0 saturated carbocycles. The molecule has 2 aromatic heterocycles. The second-order valence-electron chi connectivity index (χ2n) is 4.98. The van der Waals surface area contributed by atoms with Gasteiger partial charge in [-0.1, -0.05) is 6.07 Å². The number of hydrogen-bond acceptors (Lipinski definition) is 4. The number of piperazine rings is 1. The summed E-state index contributed by atoms with van der Waals surface area (Å²) in [4.78, 5) is 19.9. The molecule has 4 nitrogen and oxygen atoms in total. The molecule has 0 radical (unpaired) electrons. The van der Waals surface area contributed by atoms with Gasteiger partial charge in [-0.15, -0.1) is 23.7 Å². The van der Waals surface area contributed by atoms with Gasteiger partial charge in [0.1, 0.15) is 0 Å². The number of amides is 1. The monoisotopic (exact) mass is 401 g/mol. The molecule has 0 aliphatic carbocycles. The van der Waals surface area contributed by atoms with Crippen molar-refractivity contribution < 1.29 is 4.79 Å². The lowest BCUT2D eigenvalue weighted by Gasteiger charge is -2.36. The number of nitrogens with zero attached hydrogens (tertiary/aromatic N) is 2. The lowest BCUT2D eigenvalue weighted by molar-refractivity contribution is -0.133. The van der Waals surface area contributed by atoms with Crippen molar-refractivity contribution in [1.82, 2.24) is 15.2 Å². The van der Waals surface area contributed by atoms with Crippen molar-refractivity contribution in [3.8, 4) is 0 Å². The Hall–Kier alpha value is -0.950. The van der Waals surface area contributed by atoms with Crippen LogP contribution in [0.5, 0.6) is 0 Å². The maximum Gasteiger partial charge on any atom is 0.228 e. The summed E-state index contributed by atoms with van der Waals surface area (Å²) < 4.78 is 1.06. The van der Waals surface area contributed by atoms with Crippen LogP contribution in [0.4, 0.5) is 0 Å². The van der Waals surface area contributed by atoms with Crippen LogP contribution in [0.2, 0.25) is 0 Å². The van der Waals surface area contributed by atoms with Crippen LogP contribution in [0.1, 0.15) is 16.5 Å². The Kier molecular flexibility index (Phi) is 6.37. The molecule has 3 heterocycles. The minimum absolute atomic E-state index is 0. The van der Waals surface area contributed by atoms with E-state index >= 15 is 0 Å². The zero-order chi connectivity index (χ0) is 14.7. The molecule has 1 fully saturated rings. The molecule has 3 rings (SSSR count). The third-order valence-electron chi connectivity index (χ3n) is 3.59. The molecule has 0 bridgehead atoms. The van der Waals surface area contributed by atoms with E-state index in [4.69, 9.17) is 0 Å². The number of rotatable bonds is 3. The average Bonchev–Trinajstić information content (AvgIpc) is 2.93. The van der Waals surface area contributed by atoms with Crippen molar-refractivity contribution >= 4 is 45.6 Å². The minimum atomic E-state index is 0. The molecule has 1 atom stereocenters. The SMILES string of the molecule is Cl.O=C(Cc1ccc(Br)s1)N1CCNCC1c1cccnc1. The highest BCUT2D eigenvalue weighted by Crippen LogP contribution is 2.26. The maximum absolute atomic E-state index is 12.6. The third-order valence-corrected chi connectivity index (χ3v) is 5.21. The third kappa shape index (κ3) is 4.07. The molecule has 1 amide bonds. The summed E-state index contributed by atoms with van der Waals surface area (Å²) in [6.45, 7) is 2.37. The molecule has 118 valence electrons. The largest absolute Gasteiger partial charge is 0.333 e. The number of halogens is 2. The van der Waals surface area contributed by atoms with E-state index in [1.807, 2.05) is 35.4 Å². The van der Waals surface area contributed by atoms with Gasteiger partial charge in [-0.3, -0.25) is 9.78 Å². The summed E-state index contributed by atoms with van der Waals surface area (Å²) >= 11 is 5.06. The second-order valence-corrected chi connectivity index (χ2v) is 7.52. The molecule has 1 unspecified atom stereocenters. The first-order chi connectivity index (χ1) is 10.2. The van der Waals surface area contributed by atoms with Crippen LogP contribution in [0.3, 0.4) is 0 Å². The number of hydrogen-bond donors (Lipinski definition) is 1. The highest BCUT2D eigenvalue weighted by Gasteiger charge is 2.28. The first kappa shape index (κ1) is 17.4. The molecule has 1 N–H and O–H groups in total. The molecule has 1 saturated heterocycles. The molecule has 2 aromatic rings. The van der Waals surface area contributed by atoms with Gasteiger partial charge in [-0.05, 0) is 39.7 Å². The fourth-order valence-electron chi connectivity index (χ4n) is 2.57. The van der Waals surface area contributed by atoms with E-state index in [-0.39, 0.29) is 24.4 Å². The van der Waals surface area contributed by atoms with Gasteiger partial charge >= 0.3 is 0 Å². The zero-order valence-electron chi connectivity index (χ0n) is 11.9.